The Morgan fingerprint density at radius 1 is 1.19 bits per heavy atom. The summed E-state index contributed by atoms with van der Waals surface area (Å²) >= 11 is 1.59. The van der Waals surface area contributed by atoms with Crippen LogP contribution in [-0.2, 0) is 9.53 Å². The summed E-state index contributed by atoms with van der Waals surface area (Å²) in [6, 6.07) is 9.46. The average molecular weight is 314 g/mol. The number of esters is 1. The minimum absolute atomic E-state index is 0.295. The van der Waals surface area contributed by atoms with Crippen molar-refractivity contribution in [2.75, 3.05) is 6.61 Å². The zero-order valence-corrected chi connectivity index (χ0v) is 12.0. The first-order chi connectivity index (χ1) is 9.88. The van der Waals surface area contributed by atoms with Crippen molar-refractivity contribution in [1.82, 2.24) is 0 Å². The van der Waals surface area contributed by atoms with Gasteiger partial charge in [0, 0.05) is 5.92 Å². The van der Waals surface area contributed by atoms with E-state index in [0.29, 0.717) is 0 Å². The minimum Gasteiger partial charge on any atom is -0.458 e. The van der Waals surface area contributed by atoms with Gasteiger partial charge < -0.3 is 4.74 Å². The van der Waals surface area contributed by atoms with E-state index in [9.17, 15) is 18.0 Å². The third-order valence-electron chi connectivity index (χ3n) is 3.03. The molecular weight excluding hydrogens is 301 g/mol. The summed E-state index contributed by atoms with van der Waals surface area (Å²) in [4.78, 5) is 10.7. The predicted molar refractivity (Wildman–Crippen MR) is 75.2 cm³/mol. The van der Waals surface area contributed by atoms with Crippen molar-refractivity contribution in [3.63, 3.8) is 0 Å². The van der Waals surface area contributed by atoms with E-state index >= 15 is 0 Å². The Morgan fingerprint density at radius 2 is 1.86 bits per heavy atom. The number of carbonyl (C=O) groups is 1. The van der Waals surface area contributed by atoms with Gasteiger partial charge in [0.1, 0.15) is 0 Å². The number of hydrogen-bond donors (Lipinski definition) is 0. The van der Waals surface area contributed by atoms with E-state index in [1.54, 1.807) is 18.3 Å². The summed E-state index contributed by atoms with van der Waals surface area (Å²) in [6.45, 7) is 1.42. The number of thiophene rings is 1. The molecule has 2 nitrogen and oxygen atoms in total. The van der Waals surface area contributed by atoms with Crippen LogP contribution in [0.25, 0.3) is 11.1 Å². The molecule has 0 aliphatic carbocycles. The van der Waals surface area contributed by atoms with Gasteiger partial charge in [-0.25, -0.2) is 4.79 Å². The molecule has 21 heavy (non-hydrogen) atoms. The summed E-state index contributed by atoms with van der Waals surface area (Å²) in [5, 5.41) is 3.99. The summed E-state index contributed by atoms with van der Waals surface area (Å²) in [5.41, 5.74) is 2.96. The Labute approximate surface area is 124 Å². The monoisotopic (exact) mass is 314 g/mol. The lowest BCUT2D eigenvalue weighted by Gasteiger charge is -2.14. The van der Waals surface area contributed by atoms with Crippen LogP contribution < -0.4 is 0 Å². The van der Waals surface area contributed by atoms with Crippen LogP contribution in [-0.4, -0.2) is 18.8 Å². The lowest BCUT2D eigenvalue weighted by atomic mass is 9.99. The molecule has 0 amide bonds. The first-order valence-electron chi connectivity index (χ1n) is 6.24. The fourth-order valence-corrected chi connectivity index (χ4v) is 2.48. The van der Waals surface area contributed by atoms with Crippen molar-refractivity contribution in [3.05, 3.63) is 46.7 Å². The predicted octanol–water partition coefficient (Wildman–Crippen LogP) is 4.62. The maximum atomic E-state index is 12.0. The lowest BCUT2D eigenvalue weighted by Crippen LogP contribution is -2.26. The van der Waals surface area contributed by atoms with Crippen molar-refractivity contribution in [1.29, 1.82) is 0 Å². The van der Waals surface area contributed by atoms with Crippen LogP contribution in [0.1, 0.15) is 18.4 Å². The van der Waals surface area contributed by atoms with Gasteiger partial charge in [0.2, 0.25) is 0 Å². The largest absolute Gasteiger partial charge is 0.490 e. The fraction of sp³-hybridized carbons (Fsp3) is 0.267. The molecule has 0 saturated carbocycles. The number of hydrogen-bond acceptors (Lipinski definition) is 3. The van der Waals surface area contributed by atoms with Gasteiger partial charge in [0.25, 0.3) is 0 Å². The number of halogens is 3. The van der Waals surface area contributed by atoms with Gasteiger partial charge in [-0.1, -0.05) is 31.2 Å². The van der Waals surface area contributed by atoms with E-state index in [4.69, 9.17) is 0 Å². The van der Waals surface area contributed by atoms with Gasteiger partial charge in [-0.15, -0.1) is 0 Å². The van der Waals surface area contributed by atoms with Gasteiger partial charge in [-0.2, -0.15) is 24.5 Å². The highest BCUT2D eigenvalue weighted by atomic mass is 32.1. The molecule has 1 heterocycles. The van der Waals surface area contributed by atoms with Gasteiger partial charge in [0.05, 0.1) is 6.61 Å². The minimum atomic E-state index is -4.94. The van der Waals surface area contributed by atoms with Crippen molar-refractivity contribution in [3.8, 4) is 11.1 Å². The number of ether oxygens (including phenoxy) is 1. The van der Waals surface area contributed by atoms with E-state index in [1.165, 1.54) is 0 Å². The molecule has 0 bridgehead atoms. The van der Waals surface area contributed by atoms with Crippen LogP contribution in [0.3, 0.4) is 0 Å². The summed E-state index contributed by atoms with van der Waals surface area (Å²) < 4.78 is 40.4. The number of benzene rings is 1. The Hall–Kier alpha value is -1.82. The lowest BCUT2D eigenvalue weighted by molar-refractivity contribution is -0.200. The molecule has 0 spiro atoms. The van der Waals surface area contributed by atoms with Gasteiger partial charge in [-0.3, -0.25) is 0 Å². The van der Waals surface area contributed by atoms with Crippen molar-refractivity contribution in [2.45, 2.75) is 19.0 Å². The highest BCUT2D eigenvalue weighted by Crippen LogP contribution is 2.25. The molecule has 0 N–H and O–H groups in total. The maximum absolute atomic E-state index is 12.0. The molecule has 0 fully saturated rings. The Kier molecular flexibility index (Phi) is 4.67. The molecule has 1 aromatic heterocycles. The summed E-state index contributed by atoms with van der Waals surface area (Å²) in [5.74, 6) is -2.45. The van der Waals surface area contributed by atoms with Gasteiger partial charge >= 0.3 is 12.1 Å². The van der Waals surface area contributed by atoms with E-state index in [0.717, 1.165) is 16.7 Å². The van der Waals surface area contributed by atoms with Crippen molar-refractivity contribution >= 4 is 17.3 Å². The van der Waals surface area contributed by atoms with Crippen LogP contribution in [0.5, 0.6) is 0 Å². The molecule has 112 valence electrons. The second kappa shape index (κ2) is 6.30. The summed E-state index contributed by atoms with van der Waals surface area (Å²) in [7, 11) is 0. The molecule has 0 aliphatic heterocycles. The quantitative estimate of drug-likeness (QED) is 0.770. The second-order valence-corrected chi connectivity index (χ2v) is 5.41. The summed E-state index contributed by atoms with van der Waals surface area (Å²) in [6.07, 6.45) is -4.94. The molecular formula is C15H13F3O2S. The fourth-order valence-electron chi connectivity index (χ4n) is 1.81. The Balaban J connectivity index is 1.97. The smallest absolute Gasteiger partial charge is 0.458 e. The normalized spacial score (nSPS) is 13.0. The standard InChI is InChI=1S/C15H13F3O2S/c1-10(8-20-14(19)15(16,17)18)11-2-4-12(5-3-11)13-6-7-21-9-13/h2-7,9-10H,8H2,1H3. The molecule has 1 unspecified atom stereocenters. The van der Waals surface area contributed by atoms with Crippen LogP contribution >= 0.6 is 11.3 Å². The average Bonchev–Trinajstić information content (AvgIpc) is 2.97. The SMILES string of the molecule is CC(COC(=O)C(F)(F)F)c1ccc(-c2ccsc2)cc1. The Morgan fingerprint density at radius 3 is 2.38 bits per heavy atom. The molecule has 0 aliphatic rings. The maximum Gasteiger partial charge on any atom is 0.490 e. The molecule has 0 saturated heterocycles. The molecule has 2 aromatic rings. The molecule has 0 radical (unpaired) electrons. The molecule has 6 heteroatoms. The first-order valence-corrected chi connectivity index (χ1v) is 7.18. The zero-order valence-electron chi connectivity index (χ0n) is 11.2. The third kappa shape index (κ3) is 4.07. The van der Waals surface area contributed by atoms with Gasteiger partial charge in [-0.05, 0) is 33.5 Å². The van der Waals surface area contributed by atoms with E-state index in [1.807, 2.05) is 41.1 Å². The van der Waals surface area contributed by atoms with Crippen molar-refractivity contribution < 1.29 is 22.7 Å². The zero-order chi connectivity index (χ0) is 15.5. The van der Waals surface area contributed by atoms with Gasteiger partial charge in [0.15, 0.2) is 0 Å². The van der Waals surface area contributed by atoms with Crippen LogP contribution in [0.2, 0.25) is 0 Å². The molecule has 2 rings (SSSR count). The van der Waals surface area contributed by atoms with E-state index in [2.05, 4.69) is 4.74 Å². The Bertz CT molecular complexity index is 588. The highest BCUT2D eigenvalue weighted by molar-refractivity contribution is 7.08. The van der Waals surface area contributed by atoms with E-state index < -0.39 is 12.1 Å². The second-order valence-electron chi connectivity index (χ2n) is 4.63. The number of carbonyl (C=O) groups excluding carboxylic acids is 1. The van der Waals surface area contributed by atoms with Crippen LogP contribution in [0, 0.1) is 0 Å². The molecule has 1 atom stereocenters. The molecule has 1 aromatic carbocycles. The third-order valence-corrected chi connectivity index (χ3v) is 3.71. The number of alkyl halides is 3. The first kappa shape index (κ1) is 15.6. The van der Waals surface area contributed by atoms with Crippen LogP contribution in [0.15, 0.2) is 41.1 Å². The van der Waals surface area contributed by atoms with Crippen LogP contribution in [0.4, 0.5) is 13.2 Å². The van der Waals surface area contributed by atoms with Crippen molar-refractivity contribution in [2.24, 2.45) is 0 Å². The number of rotatable bonds is 4. The van der Waals surface area contributed by atoms with E-state index in [-0.39, 0.29) is 12.5 Å². The topological polar surface area (TPSA) is 26.3 Å². The highest BCUT2D eigenvalue weighted by Gasteiger charge is 2.41.